The quantitative estimate of drug-likeness (QED) is 0.341. The van der Waals surface area contributed by atoms with Crippen molar-refractivity contribution in [2.24, 2.45) is 5.92 Å². The Labute approximate surface area is 199 Å². The van der Waals surface area contributed by atoms with Crippen molar-refractivity contribution in [2.45, 2.75) is 19.9 Å². The van der Waals surface area contributed by atoms with Gasteiger partial charge in [0.2, 0.25) is 0 Å². The van der Waals surface area contributed by atoms with Gasteiger partial charge in [0.1, 0.15) is 27.9 Å². The Morgan fingerprint density at radius 2 is 2.09 bits per heavy atom. The Morgan fingerprint density at radius 3 is 2.97 bits per heavy atom. The van der Waals surface area contributed by atoms with Crippen molar-refractivity contribution in [2.75, 3.05) is 11.5 Å². The van der Waals surface area contributed by atoms with E-state index in [1.807, 2.05) is 66.1 Å². The van der Waals surface area contributed by atoms with E-state index in [4.69, 9.17) is 21.3 Å². The van der Waals surface area contributed by atoms with Gasteiger partial charge >= 0.3 is 0 Å². The number of aromatic amines is 1. The smallest absolute Gasteiger partial charge is 0.148 e. The zero-order valence-corrected chi connectivity index (χ0v) is 19.5. The van der Waals surface area contributed by atoms with E-state index in [0.29, 0.717) is 33.5 Å². The van der Waals surface area contributed by atoms with Gasteiger partial charge in [-0.15, -0.1) is 0 Å². The van der Waals surface area contributed by atoms with Crippen LogP contribution in [0.3, 0.4) is 0 Å². The fourth-order valence-corrected chi connectivity index (χ4v) is 5.65. The average molecular weight is 477 g/mol. The topological polar surface area (TPSA) is 81.5 Å². The predicted octanol–water partition coefficient (Wildman–Crippen LogP) is 5.88. The first-order chi connectivity index (χ1) is 16.1. The molecule has 1 saturated heterocycles. The van der Waals surface area contributed by atoms with E-state index in [0.717, 1.165) is 34.7 Å². The van der Waals surface area contributed by atoms with Crippen LogP contribution in [0.15, 0.2) is 48.9 Å². The number of nitrogens with zero attached hydrogens (tertiary/aromatic N) is 5. The van der Waals surface area contributed by atoms with Crippen LogP contribution in [-0.2, 0) is 6.54 Å². The zero-order chi connectivity index (χ0) is 22.4. The molecule has 4 heterocycles. The van der Waals surface area contributed by atoms with Crippen LogP contribution in [0.1, 0.15) is 12.2 Å². The fourth-order valence-electron chi connectivity index (χ4n) is 4.14. The number of halogens is 1. The monoisotopic (exact) mass is 476 g/mol. The maximum atomic E-state index is 6.72. The molecule has 33 heavy (non-hydrogen) atoms. The van der Waals surface area contributed by atoms with E-state index in [1.54, 1.807) is 6.20 Å². The highest BCUT2D eigenvalue weighted by atomic mass is 35.5. The standard InChI is InChI=1S/C24H21ClN6OS/c1-14-28-18-3-2-17(8-20(18)29-14)32-22-5-4-19-24(23(22)25)30-21(10-26-19)16-9-27-31(12-16)11-15-6-7-33-13-15/h2-5,8-10,12,15H,6-7,11,13H2,1H3,(H,28,29). The molecule has 7 nitrogen and oxygen atoms in total. The molecule has 1 unspecified atom stereocenters. The third-order valence-electron chi connectivity index (χ3n) is 5.82. The van der Waals surface area contributed by atoms with Gasteiger partial charge in [-0.25, -0.2) is 9.97 Å². The third-order valence-corrected chi connectivity index (χ3v) is 7.41. The number of aryl methyl sites for hydroxylation is 1. The summed E-state index contributed by atoms with van der Waals surface area (Å²) in [5, 5.41) is 4.96. The number of rotatable bonds is 5. The van der Waals surface area contributed by atoms with Gasteiger partial charge in [-0.05, 0) is 55.0 Å². The van der Waals surface area contributed by atoms with Gasteiger partial charge < -0.3 is 9.72 Å². The molecule has 1 aliphatic heterocycles. The number of thioether (sulfide) groups is 1. The van der Waals surface area contributed by atoms with E-state index in [2.05, 4.69) is 20.1 Å². The number of imidazole rings is 1. The summed E-state index contributed by atoms with van der Waals surface area (Å²) in [5.41, 5.74) is 4.79. The maximum absolute atomic E-state index is 6.72. The van der Waals surface area contributed by atoms with Crippen LogP contribution in [0.2, 0.25) is 5.02 Å². The predicted molar refractivity (Wildman–Crippen MR) is 132 cm³/mol. The molecule has 0 radical (unpaired) electrons. The van der Waals surface area contributed by atoms with Gasteiger partial charge in [0, 0.05) is 24.4 Å². The van der Waals surface area contributed by atoms with Crippen molar-refractivity contribution in [1.82, 2.24) is 29.7 Å². The molecule has 1 N–H and O–H groups in total. The minimum absolute atomic E-state index is 0.429. The summed E-state index contributed by atoms with van der Waals surface area (Å²) in [6.45, 7) is 2.86. The summed E-state index contributed by atoms with van der Waals surface area (Å²) in [6, 6.07) is 9.40. The van der Waals surface area contributed by atoms with Crippen LogP contribution in [-0.4, -0.2) is 41.2 Å². The minimum atomic E-state index is 0.429. The number of hydrogen-bond acceptors (Lipinski definition) is 6. The Bertz CT molecular complexity index is 1470. The summed E-state index contributed by atoms with van der Waals surface area (Å²) >= 11 is 8.74. The molecule has 0 aliphatic carbocycles. The number of benzene rings is 2. The highest BCUT2D eigenvalue weighted by Crippen LogP contribution is 2.35. The third kappa shape index (κ3) is 4.05. The van der Waals surface area contributed by atoms with Crippen LogP contribution in [0, 0.1) is 12.8 Å². The van der Waals surface area contributed by atoms with Crippen molar-refractivity contribution in [3.8, 4) is 22.8 Å². The molecule has 1 atom stereocenters. The second-order valence-electron chi connectivity index (χ2n) is 8.28. The Balaban J connectivity index is 1.30. The molecule has 5 aromatic rings. The first-order valence-electron chi connectivity index (χ1n) is 10.8. The Kier molecular flexibility index (Phi) is 5.19. The largest absolute Gasteiger partial charge is 0.456 e. The molecule has 2 aromatic carbocycles. The van der Waals surface area contributed by atoms with Gasteiger partial charge in [0.05, 0.1) is 34.6 Å². The number of hydrogen-bond donors (Lipinski definition) is 1. The van der Waals surface area contributed by atoms with E-state index in [9.17, 15) is 0 Å². The number of nitrogens with one attached hydrogen (secondary N) is 1. The molecule has 6 rings (SSSR count). The van der Waals surface area contributed by atoms with Crippen LogP contribution < -0.4 is 4.74 Å². The molecule has 0 amide bonds. The van der Waals surface area contributed by atoms with Gasteiger partial charge in [-0.2, -0.15) is 16.9 Å². The van der Waals surface area contributed by atoms with Crippen LogP contribution in [0.4, 0.5) is 0 Å². The second-order valence-corrected chi connectivity index (χ2v) is 9.81. The van der Waals surface area contributed by atoms with E-state index in [1.165, 1.54) is 17.9 Å². The summed E-state index contributed by atoms with van der Waals surface area (Å²) in [7, 11) is 0. The van der Waals surface area contributed by atoms with Gasteiger partial charge in [-0.3, -0.25) is 9.67 Å². The Hall–Kier alpha value is -3.10. The van der Waals surface area contributed by atoms with Crippen LogP contribution in [0.25, 0.3) is 33.3 Å². The summed E-state index contributed by atoms with van der Waals surface area (Å²) in [5.74, 6) is 5.19. The normalized spacial score (nSPS) is 16.1. The number of H-pyrrole nitrogens is 1. The highest BCUT2D eigenvalue weighted by Gasteiger charge is 2.17. The van der Waals surface area contributed by atoms with E-state index >= 15 is 0 Å². The Morgan fingerprint density at radius 1 is 1.18 bits per heavy atom. The molecule has 0 saturated carbocycles. The molecule has 166 valence electrons. The molecular formula is C24H21ClN6OS. The lowest BCUT2D eigenvalue weighted by atomic mass is 10.1. The number of ether oxygens (including phenoxy) is 1. The number of aromatic nitrogens is 6. The summed E-state index contributed by atoms with van der Waals surface area (Å²) in [4.78, 5) is 17.0. The molecule has 1 fully saturated rings. The molecule has 1 aliphatic rings. The zero-order valence-electron chi connectivity index (χ0n) is 18.0. The first-order valence-corrected chi connectivity index (χ1v) is 12.4. The lowest BCUT2D eigenvalue weighted by molar-refractivity contribution is 0.459. The van der Waals surface area contributed by atoms with Gasteiger partial charge in [0.25, 0.3) is 0 Å². The molecule has 0 spiro atoms. The van der Waals surface area contributed by atoms with Gasteiger partial charge in [0.15, 0.2) is 0 Å². The van der Waals surface area contributed by atoms with Crippen molar-refractivity contribution in [3.05, 3.63) is 59.8 Å². The highest BCUT2D eigenvalue weighted by molar-refractivity contribution is 7.99. The summed E-state index contributed by atoms with van der Waals surface area (Å²) < 4.78 is 8.10. The van der Waals surface area contributed by atoms with Gasteiger partial charge in [-0.1, -0.05) is 11.6 Å². The summed E-state index contributed by atoms with van der Waals surface area (Å²) in [6.07, 6.45) is 6.89. The first kappa shape index (κ1) is 20.5. The lowest BCUT2D eigenvalue weighted by Gasteiger charge is -2.10. The van der Waals surface area contributed by atoms with Crippen molar-refractivity contribution < 1.29 is 4.74 Å². The SMILES string of the molecule is Cc1nc2ccc(Oc3ccc4ncc(-c5cnn(CC6CCSC6)c5)nc4c3Cl)cc2[nH]1. The molecule has 9 heteroatoms. The van der Waals surface area contributed by atoms with Crippen molar-refractivity contribution >= 4 is 45.4 Å². The number of fused-ring (bicyclic) bond motifs is 2. The fraction of sp³-hybridized carbons (Fsp3) is 0.250. The minimum Gasteiger partial charge on any atom is -0.456 e. The van der Waals surface area contributed by atoms with Crippen molar-refractivity contribution in [3.63, 3.8) is 0 Å². The molecule has 0 bridgehead atoms. The molecule has 3 aromatic heterocycles. The lowest BCUT2D eigenvalue weighted by Crippen LogP contribution is -2.09. The van der Waals surface area contributed by atoms with Crippen LogP contribution in [0.5, 0.6) is 11.5 Å². The van der Waals surface area contributed by atoms with Crippen LogP contribution >= 0.6 is 23.4 Å². The van der Waals surface area contributed by atoms with Crippen molar-refractivity contribution in [1.29, 1.82) is 0 Å². The molecular weight excluding hydrogens is 456 g/mol. The second kappa shape index (κ2) is 8.35. The maximum Gasteiger partial charge on any atom is 0.148 e. The average Bonchev–Trinajstić information content (AvgIpc) is 3.57. The van der Waals surface area contributed by atoms with E-state index in [-0.39, 0.29) is 0 Å². The van der Waals surface area contributed by atoms with E-state index < -0.39 is 0 Å².